The first-order chi connectivity index (χ1) is 14.5. The van der Waals surface area contributed by atoms with Crippen molar-refractivity contribution >= 4 is 11.6 Å². The number of nitrogens with zero attached hydrogens (tertiary/aromatic N) is 4. The van der Waals surface area contributed by atoms with Crippen molar-refractivity contribution in [1.29, 1.82) is 0 Å². The number of hydrogen-bond acceptors (Lipinski definition) is 4. The molecule has 0 spiro atoms. The number of aryl methyl sites for hydroxylation is 1. The van der Waals surface area contributed by atoms with Crippen molar-refractivity contribution < 1.29 is 9.13 Å². The zero-order valence-corrected chi connectivity index (χ0v) is 17.1. The third-order valence-electron chi connectivity index (χ3n) is 4.71. The van der Waals surface area contributed by atoms with Gasteiger partial charge in [0, 0.05) is 5.02 Å². The van der Waals surface area contributed by atoms with Crippen molar-refractivity contribution in [3.05, 3.63) is 87.6 Å². The lowest BCUT2D eigenvalue weighted by molar-refractivity contribution is 0.405. The topological polar surface area (TPSA) is 61.9 Å². The smallest absolute Gasteiger partial charge is 0.251 e. The molecule has 0 amide bonds. The molecule has 4 aromatic rings. The van der Waals surface area contributed by atoms with Gasteiger partial charge in [-0.1, -0.05) is 30.7 Å². The maximum Gasteiger partial charge on any atom is 0.251 e. The van der Waals surface area contributed by atoms with E-state index in [0.717, 1.165) is 5.56 Å². The maximum atomic E-state index is 14.7. The molecule has 8 heteroatoms. The summed E-state index contributed by atoms with van der Waals surface area (Å²) in [5.74, 6) is -0.403. The first-order valence-electron chi connectivity index (χ1n) is 9.29. The maximum absolute atomic E-state index is 14.7. The normalized spacial score (nSPS) is 10.9. The van der Waals surface area contributed by atoms with Crippen LogP contribution in [-0.2, 0) is 6.42 Å². The van der Waals surface area contributed by atoms with Crippen molar-refractivity contribution in [2.24, 2.45) is 0 Å². The second kappa shape index (κ2) is 8.12. The summed E-state index contributed by atoms with van der Waals surface area (Å²) >= 11 is 6.10. The second-order valence-corrected chi connectivity index (χ2v) is 7.00. The Kier molecular flexibility index (Phi) is 5.37. The fourth-order valence-corrected chi connectivity index (χ4v) is 3.34. The highest BCUT2D eigenvalue weighted by Crippen LogP contribution is 2.23. The molecule has 0 aliphatic carbocycles. The molecule has 0 saturated heterocycles. The van der Waals surface area contributed by atoms with Crippen molar-refractivity contribution in [3.63, 3.8) is 0 Å². The van der Waals surface area contributed by atoms with Gasteiger partial charge in [0.2, 0.25) is 0 Å². The molecule has 0 aliphatic heterocycles. The molecule has 2 aromatic carbocycles. The average molecular weight is 425 g/mol. The lowest BCUT2D eigenvalue weighted by atomic mass is 10.1. The third-order valence-corrected chi connectivity index (χ3v) is 4.95. The van der Waals surface area contributed by atoms with E-state index in [4.69, 9.17) is 16.3 Å². The molecule has 0 radical (unpaired) electrons. The van der Waals surface area contributed by atoms with E-state index in [0.29, 0.717) is 22.8 Å². The van der Waals surface area contributed by atoms with Crippen LogP contribution >= 0.6 is 11.6 Å². The van der Waals surface area contributed by atoms with Crippen molar-refractivity contribution in [1.82, 2.24) is 19.6 Å². The van der Waals surface area contributed by atoms with E-state index in [1.807, 2.05) is 19.1 Å². The van der Waals surface area contributed by atoms with E-state index in [2.05, 4.69) is 10.2 Å². The van der Waals surface area contributed by atoms with Crippen LogP contribution in [-0.4, -0.2) is 26.7 Å². The molecule has 2 aromatic heterocycles. The molecule has 0 saturated carbocycles. The Balaban J connectivity index is 1.92. The molecule has 0 unspecified atom stereocenters. The molecule has 0 bridgehead atoms. The van der Waals surface area contributed by atoms with Gasteiger partial charge >= 0.3 is 0 Å². The Morgan fingerprint density at radius 3 is 2.70 bits per heavy atom. The minimum absolute atomic E-state index is 0.0396. The molecule has 2 heterocycles. The molecule has 152 valence electrons. The van der Waals surface area contributed by atoms with Crippen LogP contribution in [0.25, 0.3) is 22.8 Å². The van der Waals surface area contributed by atoms with E-state index in [-0.39, 0.29) is 17.1 Å². The van der Waals surface area contributed by atoms with Gasteiger partial charge in [-0.15, -0.1) is 0 Å². The lowest BCUT2D eigenvalue weighted by Gasteiger charge is -2.13. The summed E-state index contributed by atoms with van der Waals surface area (Å²) in [7, 11) is 1.38. The van der Waals surface area contributed by atoms with Crippen molar-refractivity contribution in [3.8, 4) is 28.5 Å². The van der Waals surface area contributed by atoms with Gasteiger partial charge < -0.3 is 4.74 Å². The third kappa shape index (κ3) is 3.59. The minimum atomic E-state index is -0.443. The van der Waals surface area contributed by atoms with Crippen LogP contribution in [0.15, 0.2) is 65.7 Å². The number of benzene rings is 2. The van der Waals surface area contributed by atoms with Gasteiger partial charge in [-0.3, -0.25) is 4.79 Å². The fraction of sp³-hybridized carbons (Fsp3) is 0.136. The lowest BCUT2D eigenvalue weighted by Crippen LogP contribution is -2.18. The van der Waals surface area contributed by atoms with Gasteiger partial charge in [-0.25, -0.2) is 13.8 Å². The number of halogens is 2. The van der Waals surface area contributed by atoms with E-state index >= 15 is 0 Å². The molecule has 0 atom stereocenters. The zero-order valence-electron chi connectivity index (χ0n) is 16.3. The first-order valence-corrected chi connectivity index (χ1v) is 9.66. The quantitative estimate of drug-likeness (QED) is 0.475. The van der Waals surface area contributed by atoms with Crippen molar-refractivity contribution in [2.45, 2.75) is 13.3 Å². The van der Waals surface area contributed by atoms with Crippen LogP contribution in [0, 0.1) is 5.82 Å². The SMILES string of the molecule is CCc1ccc(-n2cc(OC)c(=O)c(-c3ccnn3-c3cccc(Cl)c3)n2)c(F)c1. The van der Waals surface area contributed by atoms with Gasteiger partial charge in [0.05, 0.1) is 30.9 Å². The number of aromatic nitrogens is 4. The standard InChI is InChI=1S/C22H18ClFN4O2/c1-3-14-7-8-18(17(24)11-14)27-13-20(30-2)22(29)21(26-27)19-9-10-25-28(19)16-6-4-5-15(23)12-16/h4-13H,3H2,1-2H3. The highest BCUT2D eigenvalue weighted by molar-refractivity contribution is 6.30. The Bertz CT molecular complexity index is 1280. The molecule has 4 rings (SSSR count). The summed E-state index contributed by atoms with van der Waals surface area (Å²) in [6, 6.07) is 13.6. The minimum Gasteiger partial charge on any atom is -0.491 e. The number of rotatable bonds is 5. The fourth-order valence-electron chi connectivity index (χ4n) is 3.16. The Morgan fingerprint density at radius 2 is 2.00 bits per heavy atom. The molecule has 6 nitrogen and oxygen atoms in total. The van der Waals surface area contributed by atoms with Gasteiger partial charge in [-0.05, 0) is 48.4 Å². The molecule has 30 heavy (non-hydrogen) atoms. The second-order valence-electron chi connectivity index (χ2n) is 6.57. The molecule has 0 N–H and O–H groups in total. The molecule has 0 aliphatic rings. The zero-order chi connectivity index (χ0) is 21.3. The number of ether oxygens (including phenoxy) is 1. The summed E-state index contributed by atoms with van der Waals surface area (Å²) in [4.78, 5) is 13.0. The monoisotopic (exact) mass is 424 g/mol. The Labute approximate surface area is 177 Å². The summed E-state index contributed by atoms with van der Waals surface area (Å²) in [5.41, 5.74) is 1.81. The van der Waals surface area contributed by atoms with E-state index in [9.17, 15) is 9.18 Å². The summed E-state index contributed by atoms with van der Waals surface area (Å²) < 4.78 is 22.8. The van der Waals surface area contributed by atoms with Crippen LogP contribution in [0.2, 0.25) is 5.02 Å². The van der Waals surface area contributed by atoms with E-state index < -0.39 is 11.2 Å². The first kappa shape index (κ1) is 19.8. The van der Waals surface area contributed by atoms with Gasteiger partial charge in [0.1, 0.15) is 11.5 Å². The highest BCUT2D eigenvalue weighted by Gasteiger charge is 2.19. The van der Waals surface area contributed by atoms with Crippen molar-refractivity contribution in [2.75, 3.05) is 7.11 Å². The van der Waals surface area contributed by atoms with Crippen LogP contribution in [0.5, 0.6) is 5.75 Å². The van der Waals surface area contributed by atoms with Crippen LogP contribution in [0.3, 0.4) is 0 Å². The van der Waals surface area contributed by atoms with Crippen LogP contribution < -0.4 is 10.2 Å². The largest absolute Gasteiger partial charge is 0.491 e. The summed E-state index contributed by atoms with van der Waals surface area (Å²) in [6.45, 7) is 1.95. The van der Waals surface area contributed by atoms with Gasteiger partial charge in [0.15, 0.2) is 11.4 Å². The molecular weight excluding hydrogens is 407 g/mol. The van der Waals surface area contributed by atoms with Gasteiger partial charge in [0.25, 0.3) is 5.43 Å². The van der Waals surface area contributed by atoms with E-state index in [1.165, 1.54) is 24.1 Å². The Morgan fingerprint density at radius 1 is 1.17 bits per heavy atom. The van der Waals surface area contributed by atoms with Gasteiger partial charge in [-0.2, -0.15) is 10.2 Å². The van der Waals surface area contributed by atoms with E-state index in [1.54, 1.807) is 41.2 Å². The van der Waals surface area contributed by atoms with Crippen LogP contribution in [0.4, 0.5) is 4.39 Å². The molecular formula is C22H18ClFN4O2. The summed E-state index contributed by atoms with van der Waals surface area (Å²) in [6.07, 6.45) is 3.63. The number of hydrogen-bond donors (Lipinski definition) is 0. The summed E-state index contributed by atoms with van der Waals surface area (Å²) in [5, 5.41) is 9.24. The predicted octanol–water partition coefficient (Wildman–Crippen LogP) is 4.45. The highest BCUT2D eigenvalue weighted by atomic mass is 35.5. The molecule has 0 fully saturated rings. The predicted molar refractivity (Wildman–Crippen MR) is 113 cm³/mol. The Hall–Kier alpha value is -3.45. The average Bonchev–Trinajstić information content (AvgIpc) is 3.23. The number of methoxy groups -OCH3 is 1. The van der Waals surface area contributed by atoms with Crippen LogP contribution in [0.1, 0.15) is 12.5 Å².